The molecular formula is C12H17BrN4O2. The van der Waals surface area contributed by atoms with Crippen molar-refractivity contribution in [2.45, 2.75) is 25.8 Å². The molecule has 2 heterocycles. The molecule has 1 aromatic rings. The predicted octanol–water partition coefficient (Wildman–Crippen LogP) is 2.32. The molecule has 2 unspecified atom stereocenters. The Kier molecular flexibility index (Phi) is 4.36. The lowest BCUT2D eigenvalue weighted by Crippen LogP contribution is -2.49. The van der Waals surface area contributed by atoms with Gasteiger partial charge in [0.25, 0.3) is 0 Å². The van der Waals surface area contributed by atoms with Crippen LogP contribution in [-0.2, 0) is 0 Å². The number of halogens is 1. The molecule has 0 saturated carbocycles. The van der Waals surface area contributed by atoms with Crippen molar-refractivity contribution >= 4 is 27.4 Å². The highest BCUT2D eigenvalue weighted by atomic mass is 79.9. The zero-order chi connectivity index (χ0) is 14.0. The molecule has 1 aliphatic heterocycles. The minimum atomic E-state index is -0.389. The average Bonchev–Trinajstić information content (AvgIpc) is 2.38. The van der Waals surface area contributed by atoms with Gasteiger partial charge in [0.2, 0.25) is 5.82 Å². The van der Waals surface area contributed by atoms with Crippen molar-refractivity contribution in [2.75, 3.05) is 18.0 Å². The molecule has 0 bridgehead atoms. The zero-order valence-electron chi connectivity index (χ0n) is 10.8. The Morgan fingerprint density at radius 1 is 1.68 bits per heavy atom. The minimum absolute atomic E-state index is 0.0296. The summed E-state index contributed by atoms with van der Waals surface area (Å²) in [6, 6.07) is 1.61. The average molecular weight is 329 g/mol. The van der Waals surface area contributed by atoms with Gasteiger partial charge >= 0.3 is 5.69 Å². The molecule has 6 nitrogen and oxygen atoms in total. The molecule has 1 aromatic heterocycles. The van der Waals surface area contributed by atoms with Crippen molar-refractivity contribution in [1.82, 2.24) is 4.98 Å². The smallest absolute Gasteiger partial charge is 0.312 e. The fourth-order valence-electron chi connectivity index (χ4n) is 2.65. The lowest BCUT2D eigenvalue weighted by atomic mass is 9.90. The van der Waals surface area contributed by atoms with Gasteiger partial charge in [0, 0.05) is 35.9 Å². The number of nitrogens with two attached hydrogens (primary N) is 1. The highest BCUT2D eigenvalue weighted by Crippen LogP contribution is 2.34. The molecule has 1 saturated heterocycles. The monoisotopic (exact) mass is 328 g/mol. The van der Waals surface area contributed by atoms with Crippen LogP contribution in [0.3, 0.4) is 0 Å². The van der Waals surface area contributed by atoms with Crippen molar-refractivity contribution in [3.63, 3.8) is 0 Å². The van der Waals surface area contributed by atoms with Gasteiger partial charge < -0.3 is 10.6 Å². The topological polar surface area (TPSA) is 85.3 Å². The summed E-state index contributed by atoms with van der Waals surface area (Å²) in [5.41, 5.74) is 5.86. The van der Waals surface area contributed by atoms with E-state index in [2.05, 4.69) is 27.8 Å². The molecular weight excluding hydrogens is 312 g/mol. The van der Waals surface area contributed by atoms with Crippen LogP contribution in [0.2, 0.25) is 0 Å². The highest BCUT2D eigenvalue weighted by molar-refractivity contribution is 9.10. The van der Waals surface area contributed by atoms with E-state index >= 15 is 0 Å². The predicted molar refractivity (Wildman–Crippen MR) is 77.2 cm³/mol. The summed E-state index contributed by atoms with van der Waals surface area (Å²) < 4.78 is 0.609. The molecule has 2 N–H and O–H groups in total. The maximum Gasteiger partial charge on any atom is 0.312 e. The Bertz CT molecular complexity index is 483. The van der Waals surface area contributed by atoms with Crippen LogP contribution in [0.4, 0.5) is 11.5 Å². The van der Waals surface area contributed by atoms with Crippen molar-refractivity contribution in [3.8, 4) is 0 Å². The molecule has 0 aliphatic carbocycles. The van der Waals surface area contributed by atoms with Gasteiger partial charge in [-0.05, 0) is 34.7 Å². The summed E-state index contributed by atoms with van der Waals surface area (Å²) >= 11 is 3.22. The molecule has 1 fully saturated rings. The van der Waals surface area contributed by atoms with Crippen molar-refractivity contribution in [1.29, 1.82) is 0 Å². The summed E-state index contributed by atoms with van der Waals surface area (Å²) in [7, 11) is 0. The first-order chi connectivity index (χ1) is 9.04. The van der Waals surface area contributed by atoms with E-state index in [0.717, 1.165) is 19.4 Å². The van der Waals surface area contributed by atoms with Crippen molar-refractivity contribution in [3.05, 3.63) is 26.9 Å². The first-order valence-corrected chi connectivity index (χ1v) is 7.10. The van der Waals surface area contributed by atoms with Crippen LogP contribution in [0.15, 0.2) is 16.7 Å². The number of hydrogen-bond donors (Lipinski definition) is 1. The second-order valence-electron chi connectivity index (χ2n) is 4.87. The van der Waals surface area contributed by atoms with E-state index in [1.165, 1.54) is 6.07 Å². The van der Waals surface area contributed by atoms with Crippen LogP contribution in [0, 0.1) is 16.0 Å². The molecule has 0 amide bonds. The number of nitro groups is 1. The number of anilines is 1. The van der Waals surface area contributed by atoms with Crippen molar-refractivity contribution in [2.24, 2.45) is 11.7 Å². The van der Waals surface area contributed by atoms with Crippen LogP contribution in [0.25, 0.3) is 0 Å². The van der Waals surface area contributed by atoms with Gasteiger partial charge in [-0.2, -0.15) is 0 Å². The maximum atomic E-state index is 11.2. The number of nitrogens with zero attached hydrogens (tertiary/aromatic N) is 3. The number of hydrogen-bond acceptors (Lipinski definition) is 5. The van der Waals surface area contributed by atoms with E-state index < -0.39 is 0 Å². The largest absolute Gasteiger partial charge is 0.346 e. The summed E-state index contributed by atoms with van der Waals surface area (Å²) in [5, 5.41) is 11.2. The van der Waals surface area contributed by atoms with Gasteiger partial charge in [0.15, 0.2) is 0 Å². The van der Waals surface area contributed by atoms with Crippen LogP contribution in [0.5, 0.6) is 0 Å². The first-order valence-electron chi connectivity index (χ1n) is 6.31. The zero-order valence-corrected chi connectivity index (χ0v) is 12.3. The van der Waals surface area contributed by atoms with Crippen LogP contribution >= 0.6 is 15.9 Å². The molecule has 0 aromatic carbocycles. The molecule has 2 rings (SSSR count). The minimum Gasteiger partial charge on any atom is -0.346 e. The second kappa shape index (κ2) is 5.83. The van der Waals surface area contributed by atoms with Crippen LogP contribution in [-0.4, -0.2) is 29.0 Å². The van der Waals surface area contributed by atoms with Gasteiger partial charge in [-0.15, -0.1) is 0 Å². The normalized spacial score (nSPS) is 23.4. The first kappa shape index (κ1) is 14.2. The van der Waals surface area contributed by atoms with Crippen LogP contribution < -0.4 is 10.6 Å². The summed E-state index contributed by atoms with van der Waals surface area (Å²) in [4.78, 5) is 17.0. The van der Waals surface area contributed by atoms with E-state index in [1.807, 2.05) is 4.90 Å². The fraction of sp³-hybridized carbons (Fsp3) is 0.583. The lowest BCUT2D eigenvalue weighted by Gasteiger charge is -2.39. The Labute approximate surface area is 120 Å². The number of aromatic nitrogens is 1. The molecule has 19 heavy (non-hydrogen) atoms. The Balaban J connectivity index is 2.42. The summed E-state index contributed by atoms with van der Waals surface area (Å²) in [5.74, 6) is 0.846. The number of piperidine rings is 1. The summed E-state index contributed by atoms with van der Waals surface area (Å²) in [6.45, 7) is 3.38. The molecule has 104 valence electrons. The molecule has 7 heteroatoms. The van der Waals surface area contributed by atoms with Gasteiger partial charge in [0.05, 0.1) is 4.92 Å². The maximum absolute atomic E-state index is 11.2. The van der Waals surface area contributed by atoms with Crippen molar-refractivity contribution < 1.29 is 4.92 Å². The molecule has 1 aliphatic rings. The lowest BCUT2D eigenvalue weighted by molar-refractivity contribution is -0.384. The highest BCUT2D eigenvalue weighted by Gasteiger charge is 2.32. The summed E-state index contributed by atoms with van der Waals surface area (Å²) in [6.07, 6.45) is 3.70. The molecule has 2 atom stereocenters. The Morgan fingerprint density at radius 3 is 3.05 bits per heavy atom. The third kappa shape index (κ3) is 2.87. The molecule has 0 radical (unpaired) electrons. The number of pyridine rings is 1. The van der Waals surface area contributed by atoms with Gasteiger partial charge in [-0.1, -0.05) is 6.92 Å². The second-order valence-corrected chi connectivity index (χ2v) is 5.79. The Hall–Kier alpha value is -1.21. The van der Waals surface area contributed by atoms with Gasteiger partial charge in [-0.3, -0.25) is 10.1 Å². The molecule has 0 spiro atoms. The van der Waals surface area contributed by atoms with E-state index in [4.69, 9.17) is 5.73 Å². The van der Waals surface area contributed by atoms with E-state index in [-0.39, 0.29) is 16.7 Å². The standard InChI is InChI=1S/C12H17BrN4O2/c1-8-3-2-4-16(11(8)6-14)12-10(17(18)19)5-9(13)7-15-12/h5,7-8,11H,2-4,6,14H2,1H3. The van der Waals surface area contributed by atoms with E-state index in [1.54, 1.807) is 6.20 Å². The quantitative estimate of drug-likeness (QED) is 0.679. The van der Waals surface area contributed by atoms with E-state index in [9.17, 15) is 10.1 Å². The Morgan fingerprint density at radius 2 is 2.42 bits per heavy atom. The third-order valence-electron chi connectivity index (χ3n) is 3.64. The van der Waals surface area contributed by atoms with Gasteiger partial charge in [0.1, 0.15) is 0 Å². The van der Waals surface area contributed by atoms with Gasteiger partial charge in [-0.25, -0.2) is 4.98 Å². The van der Waals surface area contributed by atoms with E-state index in [0.29, 0.717) is 22.8 Å². The fourth-order valence-corrected chi connectivity index (χ4v) is 2.97. The third-order valence-corrected chi connectivity index (χ3v) is 4.07. The SMILES string of the molecule is CC1CCCN(c2ncc(Br)cc2[N+](=O)[O-])C1CN. The number of rotatable bonds is 3. The van der Waals surface area contributed by atoms with Crippen LogP contribution in [0.1, 0.15) is 19.8 Å².